The molecule has 1 atom stereocenters. The van der Waals surface area contributed by atoms with Crippen LogP contribution in [0.25, 0.3) is 0 Å². The van der Waals surface area contributed by atoms with Crippen LogP contribution in [0.4, 0.5) is 5.69 Å². The number of anilines is 1. The lowest BCUT2D eigenvalue weighted by Crippen LogP contribution is -2.08. The van der Waals surface area contributed by atoms with Crippen molar-refractivity contribution >= 4 is 5.69 Å². The van der Waals surface area contributed by atoms with E-state index in [1.54, 1.807) is 0 Å². The SMILES string of the molecule is C=CCCCCCC(O)c1ccc(N(C)C)cc1. The highest BCUT2D eigenvalue weighted by Crippen LogP contribution is 2.22. The van der Waals surface area contributed by atoms with Gasteiger partial charge >= 0.3 is 0 Å². The minimum atomic E-state index is -0.329. The van der Waals surface area contributed by atoms with Crippen molar-refractivity contribution < 1.29 is 5.11 Å². The van der Waals surface area contributed by atoms with Gasteiger partial charge < -0.3 is 10.0 Å². The molecule has 1 rings (SSSR count). The Balaban J connectivity index is 2.36. The molecule has 0 aliphatic heterocycles. The van der Waals surface area contributed by atoms with Gasteiger partial charge in [-0.25, -0.2) is 0 Å². The van der Waals surface area contributed by atoms with E-state index in [9.17, 15) is 5.11 Å². The van der Waals surface area contributed by atoms with Gasteiger partial charge in [0.05, 0.1) is 6.10 Å². The van der Waals surface area contributed by atoms with E-state index in [4.69, 9.17) is 0 Å². The van der Waals surface area contributed by atoms with Gasteiger partial charge in [0.1, 0.15) is 0 Å². The Hall–Kier alpha value is -1.28. The van der Waals surface area contributed by atoms with Crippen molar-refractivity contribution in [1.29, 1.82) is 0 Å². The van der Waals surface area contributed by atoms with E-state index in [1.807, 2.05) is 32.3 Å². The van der Waals surface area contributed by atoms with Crippen molar-refractivity contribution in [3.63, 3.8) is 0 Å². The fourth-order valence-corrected chi connectivity index (χ4v) is 1.96. The van der Waals surface area contributed by atoms with E-state index < -0.39 is 0 Å². The molecule has 0 aliphatic carbocycles. The van der Waals surface area contributed by atoms with Crippen LogP contribution in [0.1, 0.15) is 43.8 Å². The molecular formula is C16H25NO. The smallest absolute Gasteiger partial charge is 0.0790 e. The maximum atomic E-state index is 10.1. The molecule has 18 heavy (non-hydrogen) atoms. The van der Waals surface area contributed by atoms with Crippen LogP contribution in [0, 0.1) is 0 Å². The summed E-state index contributed by atoms with van der Waals surface area (Å²) in [5.74, 6) is 0. The molecule has 0 amide bonds. The average molecular weight is 247 g/mol. The van der Waals surface area contributed by atoms with Crippen LogP contribution in [-0.4, -0.2) is 19.2 Å². The zero-order chi connectivity index (χ0) is 13.4. The third-order valence-electron chi connectivity index (χ3n) is 3.18. The van der Waals surface area contributed by atoms with E-state index in [-0.39, 0.29) is 6.10 Å². The molecule has 1 N–H and O–H groups in total. The summed E-state index contributed by atoms with van der Waals surface area (Å²) in [6.07, 6.45) is 6.96. The summed E-state index contributed by atoms with van der Waals surface area (Å²) in [5.41, 5.74) is 2.18. The fraction of sp³-hybridized carbons (Fsp3) is 0.500. The van der Waals surface area contributed by atoms with Crippen LogP contribution in [-0.2, 0) is 0 Å². The second-order valence-electron chi connectivity index (χ2n) is 4.93. The Morgan fingerprint density at radius 1 is 1.17 bits per heavy atom. The first-order valence-electron chi connectivity index (χ1n) is 6.71. The fourth-order valence-electron chi connectivity index (χ4n) is 1.96. The van der Waals surface area contributed by atoms with Gasteiger partial charge in [0.25, 0.3) is 0 Å². The number of aliphatic hydroxyl groups is 1. The minimum Gasteiger partial charge on any atom is -0.388 e. The van der Waals surface area contributed by atoms with Crippen LogP contribution in [0.5, 0.6) is 0 Å². The van der Waals surface area contributed by atoms with Gasteiger partial charge in [0, 0.05) is 19.8 Å². The number of allylic oxidation sites excluding steroid dienone is 1. The molecule has 2 heteroatoms. The number of rotatable bonds is 8. The van der Waals surface area contributed by atoms with Gasteiger partial charge in [-0.2, -0.15) is 0 Å². The number of hydrogen-bond donors (Lipinski definition) is 1. The normalized spacial score (nSPS) is 12.2. The first kappa shape index (κ1) is 14.8. The molecule has 1 aromatic rings. The molecule has 0 aromatic heterocycles. The van der Waals surface area contributed by atoms with Gasteiger partial charge in [0.15, 0.2) is 0 Å². The first-order chi connectivity index (χ1) is 8.65. The second kappa shape index (κ2) is 7.93. The summed E-state index contributed by atoms with van der Waals surface area (Å²) >= 11 is 0. The molecule has 0 aliphatic rings. The van der Waals surface area contributed by atoms with Gasteiger partial charge in [0.2, 0.25) is 0 Å². The summed E-state index contributed by atoms with van der Waals surface area (Å²) in [5, 5.41) is 10.1. The molecule has 1 aromatic carbocycles. The number of hydrogen-bond acceptors (Lipinski definition) is 2. The molecule has 0 radical (unpaired) electrons. The summed E-state index contributed by atoms with van der Waals surface area (Å²) in [4.78, 5) is 2.06. The monoisotopic (exact) mass is 247 g/mol. The molecule has 0 saturated heterocycles. The van der Waals surface area contributed by atoms with Crippen molar-refractivity contribution in [2.75, 3.05) is 19.0 Å². The minimum absolute atomic E-state index is 0.329. The van der Waals surface area contributed by atoms with Crippen LogP contribution >= 0.6 is 0 Å². The van der Waals surface area contributed by atoms with Gasteiger partial charge in [-0.05, 0) is 37.0 Å². The molecule has 0 spiro atoms. The lowest BCUT2D eigenvalue weighted by molar-refractivity contribution is 0.163. The Morgan fingerprint density at radius 2 is 1.83 bits per heavy atom. The predicted octanol–water partition coefficient (Wildman–Crippen LogP) is 3.92. The van der Waals surface area contributed by atoms with Crippen molar-refractivity contribution in [3.8, 4) is 0 Å². The van der Waals surface area contributed by atoms with Gasteiger partial charge in [-0.15, -0.1) is 6.58 Å². The zero-order valence-corrected chi connectivity index (χ0v) is 11.6. The van der Waals surface area contributed by atoms with Crippen molar-refractivity contribution in [2.24, 2.45) is 0 Å². The molecular weight excluding hydrogens is 222 g/mol. The summed E-state index contributed by atoms with van der Waals surface area (Å²) in [7, 11) is 4.04. The molecule has 100 valence electrons. The maximum absolute atomic E-state index is 10.1. The van der Waals surface area contributed by atoms with Crippen LogP contribution in [0.3, 0.4) is 0 Å². The highest BCUT2D eigenvalue weighted by atomic mass is 16.3. The van der Waals surface area contributed by atoms with Crippen LogP contribution in [0.2, 0.25) is 0 Å². The second-order valence-corrected chi connectivity index (χ2v) is 4.93. The lowest BCUT2D eigenvalue weighted by atomic mass is 10.0. The predicted molar refractivity (Wildman–Crippen MR) is 79.0 cm³/mol. The number of aliphatic hydroxyl groups excluding tert-OH is 1. The highest BCUT2D eigenvalue weighted by molar-refractivity contribution is 5.46. The third-order valence-corrected chi connectivity index (χ3v) is 3.18. The number of nitrogens with zero attached hydrogens (tertiary/aromatic N) is 1. The number of benzene rings is 1. The molecule has 1 unspecified atom stereocenters. The summed E-state index contributed by atoms with van der Waals surface area (Å²) < 4.78 is 0. The van der Waals surface area contributed by atoms with E-state index in [0.29, 0.717) is 0 Å². The van der Waals surface area contributed by atoms with Crippen molar-refractivity contribution in [2.45, 2.75) is 38.2 Å². The average Bonchev–Trinajstić information content (AvgIpc) is 2.38. The van der Waals surface area contributed by atoms with E-state index in [0.717, 1.165) is 30.5 Å². The highest BCUT2D eigenvalue weighted by Gasteiger charge is 2.07. The van der Waals surface area contributed by atoms with E-state index in [2.05, 4.69) is 23.6 Å². The molecule has 0 saturated carbocycles. The quantitative estimate of drug-likeness (QED) is 0.556. The standard InChI is InChI=1S/C16H25NO/c1-4-5-6-7-8-9-16(18)14-10-12-15(13-11-14)17(2)3/h4,10-13,16,18H,1,5-9H2,2-3H3. The lowest BCUT2D eigenvalue weighted by Gasteiger charge is -2.15. The maximum Gasteiger partial charge on any atom is 0.0790 e. The Morgan fingerprint density at radius 3 is 2.39 bits per heavy atom. The number of unbranched alkanes of at least 4 members (excludes halogenated alkanes) is 3. The van der Waals surface area contributed by atoms with E-state index >= 15 is 0 Å². The Labute approximate surface area is 111 Å². The summed E-state index contributed by atoms with van der Waals surface area (Å²) in [6.45, 7) is 3.71. The molecule has 0 heterocycles. The van der Waals surface area contributed by atoms with E-state index in [1.165, 1.54) is 12.8 Å². The van der Waals surface area contributed by atoms with Gasteiger partial charge in [-0.1, -0.05) is 31.1 Å². The van der Waals surface area contributed by atoms with Crippen LogP contribution < -0.4 is 4.90 Å². The Bertz CT molecular complexity index is 343. The molecule has 0 fully saturated rings. The van der Waals surface area contributed by atoms with Crippen LogP contribution in [0.15, 0.2) is 36.9 Å². The molecule has 0 bridgehead atoms. The van der Waals surface area contributed by atoms with Crippen molar-refractivity contribution in [1.82, 2.24) is 0 Å². The Kier molecular flexibility index (Phi) is 6.51. The van der Waals surface area contributed by atoms with Gasteiger partial charge in [-0.3, -0.25) is 0 Å². The third kappa shape index (κ3) is 4.92. The first-order valence-corrected chi connectivity index (χ1v) is 6.71. The topological polar surface area (TPSA) is 23.5 Å². The van der Waals surface area contributed by atoms with Crippen molar-refractivity contribution in [3.05, 3.63) is 42.5 Å². The largest absolute Gasteiger partial charge is 0.388 e. The summed E-state index contributed by atoms with van der Waals surface area (Å²) in [6, 6.07) is 8.14. The zero-order valence-electron chi connectivity index (χ0n) is 11.6. The molecule has 2 nitrogen and oxygen atoms in total.